The molecule has 1 atom stereocenters. The molecular weight excluding hydrogens is 274 g/mol. The second kappa shape index (κ2) is 4.36. The van der Waals surface area contributed by atoms with Crippen molar-refractivity contribution in [2.75, 3.05) is 13.1 Å². The monoisotopic (exact) mass is 287 g/mol. The smallest absolute Gasteiger partial charge is 0.181 e. The Hall–Kier alpha value is -0.190. The Morgan fingerprint density at radius 2 is 2.53 bits per heavy atom. The number of nitrogens with one attached hydrogen (secondary N) is 1. The van der Waals surface area contributed by atoms with Crippen molar-refractivity contribution in [2.45, 2.75) is 19.8 Å². The van der Waals surface area contributed by atoms with E-state index in [2.05, 4.69) is 28.2 Å². The molecule has 2 heterocycles. The first kappa shape index (κ1) is 11.3. The van der Waals surface area contributed by atoms with E-state index >= 15 is 0 Å². The van der Waals surface area contributed by atoms with Gasteiger partial charge in [-0.1, -0.05) is 6.92 Å². The minimum Gasteiger partial charge on any atom is -0.316 e. The summed E-state index contributed by atoms with van der Waals surface area (Å²) in [7, 11) is 0. The van der Waals surface area contributed by atoms with E-state index in [1.807, 2.05) is 11.4 Å². The van der Waals surface area contributed by atoms with Crippen LogP contribution in [0.3, 0.4) is 0 Å². The Morgan fingerprint density at radius 1 is 1.73 bits per heavy atom. The summed E-state index contributed by atoms with van der Waals surface area (Å²) in [6, 6.07) is 1.95. The molecule has 1 unspecified atom stereocenters. The van der Waals surface area contributed by atoms with Gasteiger partial charge in [-0.05, 0) is 46.8 Å². The molecule has 0 aliphatic carbocycles. The van der Waals surface area contributed by atoms with E-state index in [4.69, 9.17) is 0 Å². The fraction of sp³-hybridized carbons (Fsp3) is 0.545. The first-order valence-electron chi connectivity index (χ1n) is 5.18. The topological polar surface area (TPSA) is 29.1 Å². The first-order valence-corrected chi connectivity index (χ1v) is 6.85. The lowest BCUT2D eigenvalue weighted by Gasteiger charge is -2.24. The average Bonchev–Trinajstić information content (AvgIpc) is 2.86. The number of Topliss-reactive ketones (excluding diaryl/α,β-unsaturated/α-hetero) is 1. The highest BCUT2D eigenvalue weighted by Gasteiger charge is 2.40. The molecule has 2 rings (SSSR count). The molecule has 2 nitrogen and oxygen atoms in total. The van der Waals surface area contributed by atoms with Crippen LogP contribution in [0.25, 0.3) is 0 Å². The average molecular weight is 288 g/mol. The zero-order valence-corrected chi connectivity index (χ0v) is 11.1. The number of carbonyl (C=O) groups is 1. The summed E-state index contributed by atoms with van der Waals surface area (Å²) in [5.41, 5.74) is -0.159. The van der Waals surface area contributed by atoms with Crippen LogP contribution in [0, 0.1) is 5.41 Å². The van der Waals surface area contributed by atoms with Gasteiger partial charge < -0.3 is 5.32 Å². The Kier molecular flexibility index (Phi) is 3.28. The molecule has 15 heavy (non-hydrogen) atoms. The molecule has 1 N–H and O–H groups in total. The molecule has 4 heteroatoms. The van der Waals surface area contributed by atoms with Gasteiger partial charge in [0.25, 0.3) is 0 Å². The van der Waals surface area contributed by atoms with Crippen LogP contribution >= 0.6 is 27.3 Å². The molecule has 0 saturated carbocycles. The summed E-state index contributed by atoms with van der Waals surface area (Å²) < 4.78 is 0.942. The number of ketones is 1. The highest BCUT2D eigenvalue weighted by Crippen LogP contribution is 2.37. The van der Waals surface area contributed by atoms with Gasteiger partial charge in [0.1, 0.15) is 0 Å². The standard InChI is InChI=1S/C11H14BrNOS/c1-2-11(4-5-13-7-11)10(14)9-8(12)3-6-15-9/h3,6,13H,2,4-5,7H2,1H3. The van der Waals surface area contributed by atoms with E-state index in [9.17, 15) is 4.79 Å². The Morgan fingerprint density at radius 3 is 3.00 bits per heavy atom. The largest absolute Gasteiger partial charge is 0.316 e. The van der Waals surface area contributed by atoms with E-state index in [0.717, 1.165) is 35.3 Å². The van der Waals surface area contributed by atoms with E-state index < -0.39 is 0 Å². The van der Waals surface area contributed by atoms with Crippen LogP contribution in [-0.4, -0.2) is 18.9 Å². The third-order valence-electron chi connectivity index (χ3n) is 3.23. The van der Waals surface area contributed by atoms with Gasteiger partial charge in [-0.15, -0.1) is 11.3 Å². The number of halogens is 1. The second-order valence-corrected chi connectivity index (χ2v) is 5.76. The van der Waals surface area contributed by atoms with Crippen molar-refractivity contribution in [1.29, 1.82) is 0 Å². The van der Waals surface area contributed by atoms with Crippen molar-refractivity contribution in [1.82, 2.24) is 5.32 Å². The Balaban J connectivity index is 2.30. The Bertz CT molecular complexity index is 368. The molecule has 0 aromatic carbocycles. The summed E-state index contributed by atoms with van der Waals surface area (Å²) in [4.78, 5) is 13.3. The minimum atomic E-state index is -0.159. The van der Waals surface area contributed by atoms with Crippen molar-refractivity contribution in [3.05, 3.63) is 20.8 Å². The van der Waals surface area contributed by atoms with E-state index in [-0.39, 0.29) is 5.41 Å². The lowest BCUT2D eigenvalue weighted by Crippen LogP contribution is -2.32. The van der Waals surface area contributed by atoms with E-state index in [0.29, 0.717) is 5.78 Å². The maximum absolute atomic E-state index is 12.4. The van der Waals surface area contributed by atoms with Gasteiger partial charge >= 0.3 is 0 Å². The third-order valence-corrected chi connectivity index (χ3v) is 5.06. The molecule has 1 aliphatic rings. The number of carbonyl (C=O) groups excluding carboxylic acids is 1. The highest BCUT2D eigenvalue weighted by molar-refractivity contribution is 9.10. The van der Waals surface area contributed by atoms with Crippen molar-refractivity contribution < 1.29 is 4.79 Å². The number of hydrogen-bond donors (Lipinski definition) is 1. The number of hydrogen-bond acceptors (Lipinski definition) is 3. The van der Waals surface area contributed by atoms with Gasteiger partial charge in [0.05, 0.1) is 4.88 Å². The molecule has 1 aromatic heterocycles. The normalized spacial score (nSPS) is 25.7. The molecule has 0 radical (unpaired) electrons. The van der Waals surface area contributed by atoms with Crippen LogP contribution in [0.4, 0.5) is 0 Å². The molecule has 0 bridgehead atoms. The predicted octanol–water partition coefficient (Wildman–Crippen LogP) is 3.08. The van der Waals surface area contributed by atoms with Crippen LogP contribution in [0.1, 0.15) is 29.4 Å². The predicted molar refractivity (Wildman–Crippen MR) is 66.6 cm³/mol. The lowest BCUT2D eigenvalue weighted by atomic mass is 9.79. The van der Waals surface area contributed by atoms with Crippen molar-refractivity contribution >= 4 is 33.0 Å². The SMILES string of the molecule is CCC1(C(=O)c2sccc2Br)CCNC1. The zero-order chi connectivity index (χ0) is 10.9. The van der Waals surface area contributed by atoms with Gasteiger partial charge in [-0.25, -0.2) is 0 Å². The van der Waals surface area contributed by atoms with Crippen LogP contribution in [0.2, 0.25) is 0 Å². The van der Waals surface area contributed by atoms with E-state index in [1.165, 1.54) is 11.3 Å². The van der Waals surface area contributed by atoms with Crippen LogP contribution in [-0.2, 0) is 0 Å². The van der Waals surface area contributed by atoms with E-state index in [1.54, 1.807) is 0 Å². The number of rotatable bonds is 3. The summed E-state index contributed by atoms with van der Waals surface area (Å²) in [5, 5.41) is 5.26. The molecule has 0 amide bonds. The summed E-state index contributed by atoms with van der Waals surface area (Å²) in [6.45, 7) is 3.89. The van der Waals surface area contributed by atoms with Crippen LogP contribution in [0.5, 0.6) is 0 Å². The van der Waals surface area contributed by atoms with Gasteiger partial charge in [-0.2, -0.15) is 0 Å². The summed E-state index contributed by atoms with van der Waals surface area (Å²) in [6.07, 6.45) is 1.88. The van der Waals surface area contributed by atoms with Gasteiger partial charge in [0.15, 0.2) is 5.78 Å². The van der Waals surface area contributed by atoms with Gasteiger partial charge in [-0.3, -0.25) is 4.79 Å². The van der Waals surface area contributed by atoms with Gasteiger partial charge in [0.2, 0.25) is 0 Å². The minimum absolute atomic E-state index is 0.159. The fourth-order valence-corrected chi connectivity index (χ4v) is 3.71. The second-order valence-electron chi connectivity index (χ2n) is 3.99. The molecular formula is C11H14BrNOS. The summed E-state index contributed by atoms with van der Waals surface area (Å²) >= 11 is 4.97. The molecule has 0 spiro atoms. The molecule has 82 valence electrons. The van der Waals surface area contributed by atoms with Gasteiger partial charge in [0, 0.05) is 16.4 Å². The maximum Gasteiger partial charge on any atom is 0.181 e. The van der Waals surface area contributed by atoms with Crippen molar-refractivity contribution in [3.63, 3.8) is 0 Å². The van der Waals surface area contributed by atoms with Crippen LogP contribution in [0.15, 0.2) is 15.9 Å². The van der Waals surface area contributed by atoms with Crippen molar-refractivity contribution in [2.24, 2.45) is 5.41 Å². The Labute approximate surface area is 102 Å². The highest BCUT2D eigenvalue weighted by atomic mass is 79.9. The lowest BCUT2D eigenvalue weighted by molar-refractivity contribution is 0.0814. The maximum atomic E-state index is 12.4. The van der Waals surface area contributed by atoms with Crippen LogP contribution < -0.4 is 5.32 Å². The quantitative estimate of drug-likeness (QED) is 0.866. The summed E-state index contributed by atoms with van der Waals surface area (Å²) in [5.74, 6) is 0.303. The third kappa shape index (κ3) is 1.90. The molecule has 1 saturated heterocycles. The molecule has 1 fully saturated rings. The molecule has 1 aliphatic heterocycles. The molecule has 1 aromatic rings. The zero-order valence-electron chi connectivity index (χ0n) is 8.68. The fourth-order valence-electron chi connectivity index (χ4n) is 2.10. The van der Waals surface area contributed by atoms with Crippen molar-refractivity contribution in [3.8, 4) is 0 Å². The first-order chi connectivity index (χ1) is 7.19. The number of thiophene rings is 1.